The van der Waals surface area contributed by atoms with E-state index in [1.54, 1.807) is 31.4 Å². The quantitative estimate of drug-likeness (QED) is 0.572. The second kappa shape index (κ2) is 9.11. The lowest BCUT2D eigenvalue weighted by atomic mass is 10.1. The monoisotopic (exact) mass is 348 g/mol. The first-order valence-electron chi connectivity index (χ1n) is 8.39. The van der Waals surface area contributed by atoms with Crippen molar-refractivity contribution >= 4 is 18.0 Å². The minimum Gasteiger partial charge on any atom is -0.493 e. The highest BCUT2D eigenvalue weighted by Crippen LogP contribution is 2.33. The molecule has 0 amide bonds. The van der Waals surface area contributed by atoms with Crippen molar-refractivity contribution < 1.29 is 28.9 Å². The van der Waals surface area contributed by atoms with Crippen LogP contribution < -0.4 is 9.47 Å². The van der Waals surface area contributed by atoms with Gasteiger partial charge >= 0.3 is 11.9 Å². The van der Waals surface area contributed by atoms with Crippen molar-refractivity contribution in [1.29, 1.82) is 0 Å². The maximum Gasteiger partial charge on any atom is 0.333 e. The van der Waals surface area contributed by atoms with Crippen LogP contribution in [0.15, 0.2) is 23.8 Å². The van der Waals surface area contributed by atoms with Crippen molar-refractivity contribution in [3.05, 3.63) is 29.3 Å². The molecule has 1 aliphatic rings. The van der Waals surface area contributed by atoms with Gasteiger partial charge in [0.15, 0.2) is 11.5 Å². The number of hydrogen-bond donors (Lipinski definition) is 1. The molecule has 25 heavy (non-hydrogen) atoms. The van der Waals surface area contributed by atoms with Crippen LogP contribution in [-0.4, -0.2) is 37.4 Å². The lowest BCUT2D eigenvalue weighted by Gasteiger charge is -2.16. The van der Waals surface area contributed by atoms with Gasteiger partial charge in [0, 0.05) is 12.0 Å². The SMILES string of the molecule is COC(=O)C(=Cc1ccc(OC)c(OC2CCCC2)c1)CCC(=O)O. The van der Waals surface area contributed by atoms with E-state index < -0.39 is 11.9 Å². The lowest BCUT2D eigenvalue weighted by Crippen LogP contribution is -2.11. The van der Waals surface area contributed by atoms with Gasteiger partial charge in [-0.25, -0.2) is 4.79 Å². The van der Waals surface area contributed by atoms with Crippen LogP contribution in [0.1, 0.15) is 44.1 Å². The number of carboxylic acids is 1. The molecule has 1 fully saturated rings. The van der Waals surface area contributed by atoms with Crippen molar-refractivity contribution in [1.82, 2.24) is 0 Å². The van der Waals surface area contributed by atoms with E-state index in [9.17, 15) is 9.59 Å². The van der Waals surface area contributed by atoms with Crippen LogP contribution in [0.25, 0.3) is 6.08 Å². The van der Waals surface area contributed by atoms with Crippen molar-refractivity contribution in [3.63, 3.8) is 0 Å². The molecule has 1 aromatic rings. The van der Waals surface area contributed by atoms with Gasteiger partial charge in [0.05, 0.1) is 20.3 Å². The fourth-order valence-corrected chi connectivity index (χ4v) is 2.87. The number of ether oxygens (including phenoxy) is 3. The normalized spacial score (nSPS) is 15.0. The molecule has 6 nitrogen and oxygen atoms in total. The van der Waals surface area contributed by atoms with Gasteiger partial charge in [-0.05, 0) is 55.9 Å². The second-order valence-corrected chi connectivity index (χ2v) is 5.99. The summed E-state index contributed by atoms with van der Waals surface area (Å²) in [6.45, 7) is 0. The van der Waals surface area contributed by atoms with Crippen molar-refractivity contribution in [2.45, 2.75) is 44.6 Å². The molecule has 136 valence electrons. The number of aliphatic carboxylic acids is 1. The van der Waals surface area contributed by atoms with Crippen LogP contribution in [-0.2, 0) is 14.3 Å². The zero-order valence-corrected chi connectivity index (χ0v) is 14.6. The summed E-state index contributed by atoms with van der Waals surface area (Å²) in [6.07, 6.45) is 6.15. The molecule has 1 saturated carbocycles. The molecule has 1 N–H and O–H groups in total. The molecule has 0 heterocycles. The average Bonchev–Trinajstić information content (AvgIpc) is 3.11. The first-order valence-corrected chi connectivity index (χ1v) is 8.39. The topological polar surface area (TPSA) is 82.1 Å². The van der Waals surface area contributed by atoms with Gasteiger partial charge in [0.25, 0.3) is 0 Å². The maximum absolute atomic E-state index is 11.9. The Balaban J connectivity index is 2.25. The molecule has 2 rings (SSSR count). The van der Waals surface area contributed by atoms with Crippen molar-refractivity contribution in [2.75, 3.05) is 14.2 Å². The molecule has 6 heteroatoms. The number of methoxy groups -OCH3 is 2. The smallest absolute Gasteiger partial charge is 0.333 e. The second-order valence-electron chi connectivity index (χ2n) is 5.99. The number of hydrogen-bond acceptors (Lipinski definition) is 5. The summed E-state index contributed by atoms with van der Waals surface area (Å²) in [6, 6.07) is 5.38. The first-order chi connectivity index (χ1) is 12.0. The summed E-state index contributed by atoms with van der Waals surface area (Å²) in [7, 11) is 2.86. The van der Waals surface area contributed by atoms with E-state index in [1.165, 1.54) is 7.11 Å². The maximum atomic E-state index is 11.9. The van der Waals surface area contributed by atoms with Crippen molar-refractivity contribution in [3.8, 4) is 11.5 Å². The first kappa shape index (κ1) is 18.8. The largest absolute Gasteiger partial charge is 0.493 e. The standard InChI is InChI=1S/C19H24O6/c1-23-16-9-7-13(12-17(16)25-15-5-3-4-6-15)11-14(19(22)24-2)8-10-18(20)21/h7,9,11-12,15H,3-6,8,10H2,1-2H3,(H,20,21). The molecule has 1 aromatic carbocycles. The molecule has 0 aliphatic heterocycles. The van der Waals surface area contributed by atoms with E-state index in [-0.39, 0.29) is 18.9 Å². The minimum atomic E-state index is -0.963. The Bertz CT molecular complexity index is 643. The Morgan fingerprint density at radius 3 is 2.48 bits per heavy atom. The molecule has 0 unspecified atom stereocenters. The molecule has 0 spiro atoms. The lowest BCUT2D eigenvalue weighted by molar-refractivity contribution is -0.137. The molecule has 0 bridgehead atoms. The molecule has 0 radical (unpaired) electrons. The zero-order valence-electron chi connectivity index (χ0n) is 14.6. The average molecular weight is 348 g/mol. The predicted molar refractivity (Wildman–Crippen MR) is 92.7 cm³/mol. The molecule has 0 saturated heterocycles. The third-order valence-electron chi connectivity index (χ3n) is 4.18. The Kier molecular flexibility index (Phi) is 6.86. The van der Waals surface area contributed by atoms with Crippen molar-refractivity contribution in [2.24, 2.45) is 0 Å². The highest BCUT2D eigenvalue weighted by atomic mass is 16.5. The van der Waals surface area contributed by atoms with E-state index in [4.69, 9.17) is 19.3 Å². The van der Waals surface area contributed by atoms with Crippen LogP contribution in [0.3, 0.4) is 0 Å². The fourth-order valence-electron chi connectivity index (χ4n) is 2.87. The van der Waals surface area contributed by atoms with E-state index in [1.807, 2.05) is 0 Å². The summed E-state index contributed by atoms with van der Waals surface area (Å²) in [5.74, 6) is -0.232. The number of rotatable bonds is 8. The highest BCUT2D eigenvalue weighted by molar-refractivity contribution is 5.94. The van der Waals surface area contributed by atoms with Crippen LogP contribution in [0, 0.1) is 0 Å². The third kappa shape index (κ3) is 5.52. The Morgan fingerprint density at radius 1 is 1.16 bits per heavy atom. The summed E-state index contributed by atoms with van der Waals surface area (Å²) in [5.41, 5.74) is 1.04. The van der Waals surface area contributed by atoms with Crippen LogP contribution in [0.5, 0.6) is 11.5 Å². The fraction of sp³-hybridized carbons (Fsp3) is 0.474. The molecule has 0 atom stereocenters. The number of carbonyl (C=O) groups excluding carboxylic acids is 1. The number of carbonyl (C=O) groups is 2. The molecule has 0 aromatic heterocycles. The van der Waals surface area contributed by atoms with E-state index >= 15 is 0 Å². The van der Waals surface area contributed by atoms with Crippen LogP contribution in [0.2, 0.25) is 0 Å². The van der Waals surface area contributed by atoms with Crippen LogP contribution in [0.4, 0.5) is 0 Å². The van der Waals surface area contributed by atoms with Gasteiger partial charge in [-0.2, -0.15) is 0 Å². The minimum absolute atomic E-state index is 0.104. The van der Waals surface area contributed by atoms with Gasteiger partial charge in [0.1, 0.15) is 0 Å². The summed E-state index contributed by atoms with van der Waals surface area (Å²) < 4.78 is 16.1. The highest BCUT2D eigenvalue weighted by Gasteiger charge is 2.19. The molecular weight excluding hydrogens is 324 g/mol. The zero-order chi connectivity index (χ0) is 18.2. The van der Waals surface area contributed by atoms with Gasteiger partial charge in [-0.1, -0.05) is 6.07 Å². The molecule has 1 aliphatic carbocycles. The third-order valence-corrected chi connectivity index (χ3v) is 4.18. The Morgan fingerprint density at radius 2 is 1.88 bits per heavy atom. The number of esters is 1. The van der Waals surface area contributed by atoms with E-state index in [0.29, 0.717) is 17.1 Å². The predicted octanol–water partition coefficient (Wildman–Crippen LogP) is 3.44. The molecular formula is C19H24O6. The van der Waals surface area contributed by atoms with E-state index in [0.717, 1.165) is 31.2 Å². The van der Waals surface area contributed by atoms with E-state index in [2.05, 4.69) is 0 Å². The van der Waals surface area contributed by atoms with Gasteiger partial charge in [-0.15, -0.1) is 0 Å². The number of benzene rings is 1. The Labute approximate surface area is 147 Å². The Hall–Kier alpha value is -2.50. The summed E-state index contributed by atoms with van der Waals surface area (Å²) >= 11 is 0. The van der Waals surface area contributed by atoms with Crippen LogP contribution >= 0.6 is 0 Å². The summed E-state index contributed by atoms with van der Waals surface area (Å²) in [5, 5.41) is 8.84. The summed E-state index contributed by atoms with van der Waals surface area (Å²) in [4.78, 5) is 22.7. The number of carboxylic acid groups (broad SMARTS) is 1. The van der Waals surface area contributed by atoms with Gasteiger partial charge in [-0.3, -0.25) is 4.79 Å². The van der Waals surface area contributed by atoms with Gasteiger partial charge in [0.2, 0.25) is 0 Å². The van der Waals surface area contributed by atoms with Gasteiger partial charge < -0.3 is 19.3 Å².